The Kier molecular flexibility index (Phi) is 41.0. The molecule has 7 nitrogen and oxygen atoms in total. The first-order valence-electron chi connectivity index (χ1n) is 37.1. The van der Waals surface area contributed by atoms with Crippen LogP contribution in [0.2, 0.25) is 0 Å². The number of carbonyl (C=O) groups excluding carboxylic acids is 4. The highest BCUT2D eigenvalue weighted by Crippen LogP contribution is 2.51. The number of nitrogens with one attached hydrogen (secondary N) is 2. The quantitative estimate of drug-likeness (QED) is 0.0277. The van der Waals surface area contributed by atoms with Crippen molar-refractivity contribution in [2.24, 2.45) is 45.8 Å². The van der Waals surface area contributed by atoms with Crippen molar-refractivity contribution in [1.29, 1.82) is 0 Å². The summed E-state index contributed by atoms with van der Waals surface area (Å²) in [5.74, 6) is 3.47. The lowest BCUT2D eigenvalue weighted by molar-refractivity contribution is -0.131. The van der Waals surface area contributed by atoms with Gasteiger partial charge in [-0.25, -0.2) is 4.98 Å². The van der Waals surface area contributed by atoms with Crippen LogP contribution in [0.4, 0.5) is 11.4 Å². The number of amides is 2. The predicted molar refractivity (Wildman–Crippen MR) is 451 cm³/mol. The molecule has 5 aromatic rings. The molecule has 1 heterocycles. The van der Waals surface area contributed by atoms with E-state index in [0.29, 0.717) is 35.4 Å². The van der Waals surface area contributed by atoms with Crippen molar-refractivity contribution in [2.75, 3.05) is 10.6 Å². The van der Waals surface area contributed by atoms with Gasteiger partial charge in [-0.15, -0.1) is 35.3 Å². The van der Waals surface area contributed by atoms with Crippen LogP contribution in [0.1, 0.15) is 294 Å². The highest BCUT2D eigenvalue weighted by Gasteiger charge is 2.44. The smallest absolute Gasteiger partial charge is 0.230 e. The van der Waals surface area contributed by atoms with Gasteiger partial charge in [0.25, 0.3) is 0 Å². The number of hydrogen-bond donors (Lipinski definition) is 2. The van der Waals surface area contributed by atoms with Crippen LogP contribution in [0, 0.1) is 45.8 Å². The molecule has 0 saturated heterocycles. The molecule has 0 radical (unpaired) electrons. The SMILES string of the molecule is C.CCC(CC)CC1(C(=O)Cc2ccccc2SSc2ccccc2NC(=O)C2(CC(CC)CC)CCCCC2)CCCCC1.CCC(CC)CC1(C(=O)Nc2ccccc2SC(=O)C(C)C)CCCCC1.CCC(CC)CC1(c2nc3ccccc3s2)CCCCC1.I.II.[HH]. The van der Waals surface area contributed by atoms with E-state index in [4.69, 9.17) is 4.98 Å². The molecule has 4 aliphatic carbocycles. The predicted octanol–water partition coefficient (Wildman–Crippen LogP) is 28.4. The van der Waals surface area contributed by atoms with Crippen molar-refractivity contribution in [1.82, 2.24) is 4.98 Å². The van der Waals surface area contributed by atoms with Gasteiger partial charge >= 0.3 is 0 Å². The molecule has 4 aromatic carbocycles. The normalized spacial score (nSPS) is 17.0. The maximum atomic E-state index is 14.1. The molecule has 1 aromatic heterocycles. The molecule has 0 aliphatic heterocycles. The lowest BCUT2D eigenvalue weighted by atomic mass is 9.65. The Labute approximate surface area is 642 Å². The summed E-state index contributed by atoms with van der Waals surface area (Å²) in [7, 11) is 3.41. The van der Waals surface area contributed by atoms with Gasteiger partial charge in [-0.1, -0.05) is 281 Å². The van der Waals surface area contributed by atoms with E-state index in [1.54, 1.807) is 21.6 Å². The van der Waals surface area contributed by atoms with E-state index in [-0.39, 0.29) is 71.9 Å². The molecule has 0 bridgehead atoms. The van der Waals surface area contributed by atoms with Crippen molar-refractivity contribution in [3.05, 3.63) is 108 Å². The van der Waals surface area contributed by atoms with E-state index in [0.717, 1.165) is 160 Å². The molecule has 9 rings (SSSR count). The third-order valence-electron chi connectivity index (χ3n) is 22.4. The number of hydrogen-bond acceptors (Lipinski definition) is 9. The zero-order chi connectivity index (χ0) is 68.0. The monoisotopic (exact) mass is 1730 g/mol. The van der Waals surface area contributed by atoms with Crippen LogP contribution in [-0.4, -0.2) is 27.7 Å². The minimum atomic E-state index is -0.255. The molecule has 0 spiro atoms. The van der Waals surface area contributed by atoms with Crippen LogP contribution in [0.15, 0.2) is 112 Å². The van der Waals surface area contributed by atoms with Crippen molar-refractivity contribution < 1.29 is 20.6 Å². The minimum absolute atomic E-state index is 0. The van der Waals surface area contributed by atoms with E-state index >= 15 is 0 Å². The molecular weight excluding hydrogens is 1600 g/mol. The number of para-hydroxylation sites is 3. The fourth-order valence-corrected chi connectivity index (χ4v) is 20.3. The molecule has 4 aliphatic rings. The molecule has 4 fully saturated rings. The second kappa shape index (κ2) is 45.4. The van der Waals surface area contributed by atoms with E-state index in [1.165, 1.54) is 110 Å². The summed E-state index contributed by atoms with van der Waals surface area (Å²) < 4.78 is 1.36. The maximum Gasteiger partial charge on any atom is 0.230 e. The largest absolute Gasteiger partial charge is 0.325 e. The number of carbonyl (C=O) groups is 4. The lowest BCUT2D eigenvalue weighted by Crippen LogP contribution is -2.39. The highest BCUT2D eigenvalue weighted by molar-refractivity contribution is 15.0. The fourth-order valence-electron chi connectivity index (χ4n) is 15.9. The Morgan fingerprint density at radius 2 is 0.844 bits per heavy atom. The van der Waals surface area contributed by atoms with E-state index in [2.05, 4.69) is 170 Å². The summed E-state index contributed by atoms with van der Waals surface area (Å²) in [6, 6.07) is 33.0. The number of benzene rings is 4. The van der Waals surface area contributed by atoms with Crippen molar-refractivity contribution in [3.8, 4) is 0 Å². The van der Waals surface area contributed by atoms with E-state index < -0.39 is 0 Å². The number of fused-ring (bicyclic) bond motifs is 1. The molecule has 14 heteroatoms. The fraction of sp³-hybridized carbons (Fsp3) is 0.646. The molecule has 0 atom stereocenters. The number of thioether (sulfide) groups is 1. The Balaban J connectivity index is 0.000000396. The molecule has 2 amide bonds. The van der Waals surface area contributed by atoms with E-state index in [9.17, 15) is 19.2 Å². The standard InChI is InChI=1S/C39H57NO2S2.C23H35NO2S.C19H27NS.CH4.I2.HI.H2/c1-5-30(6-2)28-38(23-15-9-16-24-38)36(41)27-32-19-11-13-21-34(32)43-44-35-22-14-12-20-33(35)40-37(42)39(25-17-10-18-26-39)29-31(7-3)8-4;1-5-18(6-2)16-23(14-10-7-11-15-23)22(26)24-19-12-8-9-13-20(19)27-21(25)17(3)4;1-3-15(4-2)14-19(12-8-5-9-13-19)18-20-16-10-6-7-11-17(16)21-18;;1-2;;/h11-14,19-22,30-31H,5-10,15-18,23-29H2,1-4H3,(H,40,42);8-9,12-13,17-18H,5-7,10-11,14-16H2,1-4H3,(H,24,26);6-7,10-11,15H,3-5,8-9,12-14H2,1-2H3;1H4;;2*1H. The Morgan fingerprint density at radius 3 is 1.30 bits per heavy atom. The number of rotatable bonds is 29. The van der Waals surface area contributed by atoms with Crippen LogP contribution >= 0.6 is 106 Å². The molecule has 538 valence electrons. The zero-order valence-corrected chi connectivity index (χ0v) is 69.7. The van der Waals surface area contributed by atoms with Gasteiger partial charge in [0.1, 0.15) is 5.78 Å². The summed E-state index contributed by atoms with van der Waals surface area (Å²) in [4.78, 5) is 61.8. The average molecular weight is 1730 g/mol. The second-order valence-corrected chi connectivity index (χ2v) is 33.0. The van der Waals surface area contributed by atoms with Gasteiger partial charge in [-0.05, 0) is 161 Å². The summed E-state index contributed by atoms with van der Waals surface area (Å²) in [5.41, 5.74) is 3.73. The first-order chi connectivity index (χ1) is 45.6. The zero-order valence-electron chi connectivity index (χ0n) is 59.8. The third-order valence-corrected chi connectivity index (χ3v) is 27.4. The summed E-state index contributed by atoms with van der Waals surface area (Å²) in [6.45, 7) is 22.1. The first kappa shape index (κ1) is 86.7. The van der Waals surface area contributed by atoms with Crippen LogP contribution in [0.25, 0.3) is 10.2 Å². The number of anilines is 2. The molecular formula is C82H126I3N3O4S4. The molecule has 96 heavy (non-hydrogen) atoms. The Morgan fingerprint density at radius 1 is 0.479 bits per heavy atom. The van der Waals surface area contributed by atoms with Crippen LogP contribution in [0.5, 0.6) is 0 Å². The van der Waals surface area contributed by atoms with Gasteiger partial charge in [0.2, 0.25) is 11.8 Å². The molecule has 0 unspecified atom stereocenters. The molecule has 2 N–H and O–H groups in total. The first-order valence-corrected chi connectivity index (χ1v) is 47.1. The lowest BCUT2D eigenvalue weighted by Gasteiger charge is -2.38. The summed E-state index contributed by atoms with van der Waals surface area (Å²) >= 11 is 7.43. The van der Waals surface area contributed by atoms with Crippen molar-refractivity contribution >= 4 is 150 Å². The molecule has 4 saturated carbocycles. The van der Waals surface area contributed by atoms with Gasteiger partial charge in [0, 0.05) is 87.3 Å². The summed E-state index contributed by atoms with van der Waals surface area (Å²) in [5, 5.41) is 8.17. The number of halogens is 3. The van der Waals surface area contributed by atoms with Gasteiger partial charge in [-0.2, -0.15) is 0 Å². The van der Waals surface area contributed by atoms with Gasteiger partial charge in [0.15, 0.2) is 5.12 Å². The Bertz CT molecular complexity index is 2920. The number of ketones is 1. The Hall–Kier alpha value is -1.71. The van der Waals surface area contributed by atoms with Crippen LogP contribution < -0.4 is 10.6 Å². The van der Waals surface area contributed by atoms with Crippen LogP contribution in [0.3, 0.4) is 0 Å². The number of aromatic nitrogens is 1. The van der Waals surface area contributed by atoms with Gasteiger partial charge < -0.3 is 10.6 Å². The van der Waals surface area contributed by atoms with Crippen molar-refractivity contribution in [2.45, 2.75) is 309 Å². The topological polar surface area (TPSA) is 105 Å². The second-order valence-electron chi connectivity index (χ2n) is 28.7. The minimum Gasteiger partial charge on any atom is -0.325 e. The van der Waals surface area contributed by atoms with E-state index in [1.807, 2.05) is 55.5 Å². The number of Topliss-reactive ketones (excluding diaryl/α,β-unsaturated/α-hetero) is 1. The third kappa shape index (κ3) is 25.0. The van der Waals surface area contributed by atoms with Crippen LogP contribution in [-0.2, 0) is 31.0 Å². The van der Waals surface area contributed by atoms with Gasteiger partial charge in [0.05, 0.1) is 26.6 Å². The highest BCUT2D eigenvalue weighted by atomic mass is 128. The van der Waals surface area contributed by atoms with Gasteiger partial charge in [-0.3, -0.25) is 19.2 Å². The maximum absolute atomic E-state index is 14.1. The summed E-state index contributed by atoms with van der Waals surface area (Å²) in [6.07, 6.45) is 37.9. The van der Waals surface area contributed by atoms with Crippen molar-refractivity contribution in [3.63, 3.8) is 0 Å². The number of nitrogens with zero attached hydrogens (tertiary/aromatic N) is 1. The average Bonchev–Trinajstić information content (AvgIpc) is 1.76. The number of thiazole rings is 1.